The zero-order valence-corrected chi connectivity index (χ0v) is 12.8. The van der Waals surface area contributed by atoms with E-state index in [1.807, 2.05) is 0 Å². The highest BCUT2D eigenvalue weighted by atomic mass is 16.2. The Morgan fingerprint density at radius 3 is 2.42 bits per heavy atom. The van der Waals surface area contributed by atoms with E-state index in [-0.39, 0.29) is 16.9 Å². The highest BCUT2D eigenvalue weighted by Crippen LogP contribution is 2.65. The number of fused-ring (bicyclic) bond motifs is 2. The molecular weight excluding hydrogens is 236 g/mol. The Labute approximate surface area is 116 Å². The molecule has 3 nitrogen and oxygen atoms in total. The van der Waals surface area contributed by atoms with Crippen molar-refractivity contribution < 1.29 is 4.79 Å². The molecule has 2 N–H and O–H groups in total. The maximum Gasteiger partial charge on any atom is 0.240 e. The number of amides is 1. The molecule has 2 aliphatic carbocycles. The molecule has 0 aromatic heterocycles. The van der Waals surface area contributed by atoms with E-state index in [0.717, 1.165) is 25.3 Å². The van der Waals surface area contributed by atoms with E-state index in [9.17, 15) is 4.79 Å². The van der Waals surface area contributed by atoms with Gasteiger partial charge in [0, 0.05) is 6.04 Å². The lowest BCUT2D eigenvalue weighted by Crippen LogP contribution is -2.56. The smallest absolute Gasteiger partial charge is 0.240 e. The van der Waals surface area contributed by atoms with Gasteiger partial charge in [0.1, 0.15) is 0 Å². The van der Waals surface area contributed by atoms with E-state index in [1.54, 1.807) is 0 Å². The van der Waals surface area contributed by atoms with Crippen LogP contribution in [0.25, 0.3) is 0 Å². The van der Waals surface area contributed by atoms with Gasteiger partial charge in [-0.3, -0.25) is 4.79 Å². The van der Waals surface area contributed by atoms with E-state index in [4.69, 9.17) is 0 Å². The van der Waals surface area contributed by atoms with Crippen LogP contribution in [0.5, 0.6) is 0 Å². The normalized spacial score (nSPS) is 47.6. The van der Waals surface area contributed by atoms with Crippen molar-refractivity contribution in [3.8, 4) is 0 Å². The zero-order valence-electron chi connectivity index (χ0n) is 12.8. The molecule has 0 spiro atoms. The third kappa shape index (κ3) is 1.70. The van der Waals surface area contributed by atoms with E-state index in [1.165, 1.54) is 19.3 Å². The number of rotatable bonds is 2. The van der Waals surface area contributed by atoms with Gasteiger partial charge in [-0.1, -0.05) is 20.8 Å². The van der Waals surface area contributed by atoms with E-state index in [2.05, 4.69) is 38.3 Å². The van der Waals surface area contributed by atoms with Gasteiger partial charge >= 0.3 is 0 Å². The van der Waals surface area contributed by atoms with Gasteiger partial charge in [-0.2, -0.15) is 0 Å². The summed E-state index contributed by atoms with van der Waals surface area (Å²) in [7, 11) is 0. The van der Waals surface area contributed by atoms with Crippen LogP contribution in [-0.4, -0.2) is 24.0 Å². The summed E-state index contributed by atoms with van der Waals surface area (Å²) in [5.41, 5.74) is 0.319. The van der Waals surface area contributed by atoms with Crippen molar-refractivity contribution in [3.63, 3.8) is 0 Å². The average molecular weight is 264 g/mol. The second kappa shape index (κ2) is 3.97. The monoisotopic (exact) mass is 264 g/mol. The van der Waals surface area contributed by atoms with Crippen LogP contribution in [-0.2, 0) is 4.79 Å². The summed E-state index contributed by atoms with van der Waals surface area (Å²) in [6.07, 6.45) is 5.85. The summed E-state index contributed by atoms with van der Waals surface area (Å²) >= 11 is 0. The number of hydrogen-bond donors (Lipinski definition) is 2. The molecule has 0 radical (unpaired) electrons. The van der Waals surface area contributed by atoms with Crippen molar-refractivity contribution >= 4 is 5.91 Å². The van der Waals surface area contributed by atoms with Crippen LogP contribution in [0.3, 0.4) is 0 Å². The molecule has 3 fully saturated rings. The number of nitrogens with one attached hydrogen (secondary N) is 2. The van der Waals surface area contributed by atoms with Gasteiger partial charge in [-0.25, -0.2) is 0 Å². The molecule has 1 amide bonds. The van der Waals surface area contributed by atoms with Crippen molar-refractivity contribution in [2.75, 3.05) is 6.54 Å². The third-order valence-corrected chi connectivity index (χ3v) is 6.97. The molecular formula is C16H28N2O. The van der Waals surface area contributed by atoms with Gasteiger partial charge < -0.3 is 10.6 Å². The molecule has 108 valence electrons. The number of carbonyl (C=O) groups is 1. The van der Waals surface area contributed by atoms with Gasteiger partial charge in [0.05, 0.1) is 5.54 Å². The Bertz CT molecular complexity index is 398. The fourth-order valence-electron chi connectivity index (χ4n) is 4.83. The highest BCUT2D eigenvalue weighted by Gasteiger charge is 2.62. The molecule has 0 aromatic carbocycles. The molecule has 0 aromatic rings. The third-order valence-electron chi connectivity index (χ3n) is 6.97. The lowest BCUT2D eigenvalue weighted by atomic mass is 9.69. The van der Waals surface area contributed by atoms with Crippen LogP contribution in [0.15, 0.2) is 0 Å². The Morgan fingerprint density at radius 2 is 1.95 bits per heavy atom. The minimum atomic E-state index is -0.331. The van der Waals surface area contributed by atoms with E-state index < -0.39 is 0 Å². The minimum Gasteiger partial charge on any atom is -0.351 e. The molecule has 3 rings (SSSR count). The Hall–Kier alpha value is -0.570. The summed E-state index contributed by atoms with van der Waals surface area (Å²) in [5.74, 6) is 1.01. The highest BCUT2D eigenvalue weighted by molar-refractivity contribution is 5.86. The van der Waals surface area contributed by atoms with E-state index in [0.29, 0.717) is 11.5 Å². The molecule has 2 bridgehead atoms. The summed E-state index contributed by atoms with van der Waals surface area (Å²) in [6, 6.07) is 0.368. The first kappa shape index (κ1) is 13.4. The first-order valence-electron chi connectivity index (χ1n) is 7.86. The van der Waals surface area contributed by atoms with Crippen molar-refractivity contribution in [3.05, 3.63) is 0 Å². The van der Waals surface area contributed by atoms with Gasteiger partial charge in [-0.05, 0) is 62.3 Å². The minimum absolute atomic E-state index is 0.222. The summed E-state index contributed by atoms with van der Waals surface area (Å²) in [6.45, 7) is 10.2. The van der Waals surface area contributed by atoms with Gasteiger partial charge in [0.25, 0.3) is 0 Å². The van der Waals surface area contributed by atoms with Crippen LogP contribution in [0.4, 0.5) is 0 Å². The first-order chi connectivity index (χ1) is 8.80. The number of carbonyl (C=O) groups excluding carboxylic acids is 1. The lowest BCUT2D eigenvalue weighted by Gasteiger charge is -2.40. The predicted octanol–water partition coefficient (Wildman–Crippen LogP) is 2.46. The maximum absolute atomic E-state index is 12.6. The van der Waals surface area contributed by atoms with Crippen LogP contribution < -0.4 is 10.6 Å². The second-order valence-electron chi connectivity index (χ2n) is 8.00. The maximum atomic E-state index is 12.6. The van der Waals surface area contributed by atoms with Crippen molar-refractivity contribution in [2.45, 2.75) is 71.4 Å². The summed E-state index contributed by atoms with van der Waals surface area (Å²) < 4.78 is 0. The van der Waals surface area contributed by atoms with Gasteiger partial charge in [0.2, 0.25) is 5.91 Å². The molecule has 19 heavy (non-hydrogen) atoms. The average Bonchev–Trinajstić information content (AvgIpc) is 2.92. The molecule has 3 aliphatic rings. The van der Waals surface area contributed by atoms with Crippen LogP contribution in [0.1, 0.15) is 59.8 Å². The molecule has 1 aliphatic heterocycles. The Balaban J connectivity index is 1.74. The van der Waals surface area contributed by atoms with Crippen molar-refractivity contribution in [1.29, 1.82) is 0 Å². The molecule has 4 unspecified atom stereocenters. The Kier molecular flexibility index (Phi) is 2.80. The SMILES string of the molecule is CC1(C(=O)NC2CC3CCC2(C)C3(C)C)CCCN1. The van der Waals surface area contributed by atoms with Gasteiger partial charge in [0.15, 0.2) is 0 Å². The summed E-state index contributed by atoms with van der Waals surface area (Å²) in [5, 5.41) is 6.76. The summed E-state index contributed by atoms with van der Waals surface area (Å²) in [4.78, 5) is 12.6. The molecule has 3 heteroatoms. The predicted molar refractivity (Wildman–Crippen MR) is 76.8 cm³/mol. The van der Waals surface area contributed by atoms with Crippen LogP contribution >= 0.6 is 0 Å². The molecule has 2 saturated carbocycles. The standard InChI is InChI=1S/C16H28N2O/c1-14(2)11-6-8-15(14,3)12(10-11)18-13(19)16(4)7-5-9-17-16/h11-12,17H,5-10H2,1-4H3,(H,18,19). The first-order valence-corrected chi connectivity index (χ1v) is 7.86. The lowest BCUT2D eigenvalue weighted by molar-refractivity contribution is -0.128. The number of hydrogen-bond acceptors (Lipinski definition) is 2. The molecule has 4 atom stereocenters. The quantitative estimate of drug-likeness (QED) is 0.804. The fourth-order valence-corrected chi connectivity index (χ4v) is 4.83. The largest absolute Gasteiger partial charge is 0.351 e. The fraction of sp³-hybridized carbons (Fsp3) is 0.938. The second-order valence-corrected chi connectivity index (χ2v) is 8.00. The Morgan fingerprint density at radius 1 is 1.21 bits per heavy atom. The van der Waals surface area contributed by atoms with Gasteiger partial charge in [-0.15, -0.1) is 0 Å². The van der Waals surface area contributed by atoms with Crippen molar-refractivity contribution in [1.82, 2.24) is 10.6 Å². The van der Waals surface area contributed by atoms with E-state index >= 15 is 0 Å². The topological polar surface area (TPSA) is 41.1 Å². The molecule has 1 heterocycles. The van der Waals surface area contributed by atoms with Crippen molar-refractivity contribution in [2.24, 2.45) is 16.7 Å². The zero-order chi connectivity index (χ0) is 13.9. The van der Waals surface area contributed by atoms with Crippen LogP contribution in [0, 0.1) is 16.7 Å². The molecule has 1 saturated heterocycles. The van der Waals surface area contributed by atoms with Crippen LogP contribution in [0.2, 0.25) is 0 Å².